The summed E-state index contributed by atoms with van der Waals surface area (Å²) in [5, 5.41) is 49.8. The maximum absolute atomic E-state index is 13.6. The molecule has 0 bridgehead atoms. The second-order valence-electron chi connectivity index (χ2n) is 15.1. The number of anilines is 1. The van der Waals surface area contributed by atoms with Crippen LogP contribution in [0.15, 0.2) is 38.9 Å². The lowest BCUT2D eigenvalue weighted by Gasteiger charge is -2.50. The highest BCUT2D eigenvalue weighted by Gasteiger charge is 2.55. The van der Waals surface area contributed by atoms with Gasteiger partial charge in [0.2, 0.25) is 11.0 Å². The molecule has 58 heavy (non-hydrogen) atoms. The monoisotopic (exact) mass is 859 g/mol. The Bertz CT molecular complexity index is 2390. The number of benzene rings is 1. The number of amides is 3. The molecule has 3 amide bonds. The van der Waals surface area contributed by atoms with Crippen LogP contribution in [0.5, 0.6) is 11.5 Å². The summed E-state index contributed by atoms with van der Waals surface area (Å²) >= 11 is 8.58. The molecule has 7 rings (SSSR count). The molecule has 1 aromatic carbocycles. The molecule has 3 aliphatic heterocycles. The van der Waals surface area contributed by atoms with E-state index < -0.39 is 69.3 Å². The van der Waals surface area contributed by atoms with E-state index in [0.29, 0.717) is 35.2 Å². The van der Waals surface area contributed by atoms with E-state index in [0.717, 1.165) is 41.9 Å². The number of carbonyl (C=O) groups excluding carboxylic acids is 3. The summed E-state index contributed by atoms with van der Waals surface area (Å²) in [6.45, 7) is 4.63. The van der Waals surface area contributed by atoms with Crippen molar-refractivity contribution in [2.75, 3.05) is 44.2 Å². The lowest BCUT2D eigenvalue weighted by Crippen LogP contribution is -2.71. The number of carbonyl (C=O) groups is 5. The van der Waals surface area contributed by atoms with Crippen molar-refractivity contribution in [2.24, 2.45) is 5.16 Å². The fraction of sp³-hybridized carbons (Fsp3) is 0.444. The number of oxime groups is 1. The van der Waals surface area contributed by atoms with Crippen LogP contribution in [0.1, 0.15) is 61.6 Å². The summed E-state index contributed by atoms with van der Waals surface area (Å²) in [4.78, 5) is 88.9. The Hall–Kier alpha value is -5.38. The Labute approximate surface area is 342 Å². The molecule has 3 fully saturated rings. The molecule has 8 N–H and O–H groups in total. The number of aromatic nitrogens is 2. The lowest BCUT2D eigenvalue weighted by atomic mass is 10.0. The van der Waals surface area contributed by atoms with Gasteiger partial charge >= 0.3 is 11.9 Å². The predicted octanol–water partition coefficient (Wildman–Crippen LogP) is 1.80. The van der Waals surface area contributed by atoms with Gasteiger partial charge in [0.1, 0.15) is 34.9 Å². The van der Waals surface area contributed by atoms with E-state index in [2.05, 4.69) is 20.8 Å². The molecule has 308 valence electrons. The number of rotatable bonds is 14. The molecule has 3 aromatic rings. The number of hydrogen-bond acceptors (Lipinski definition) is 14. The van der Waals surface area contributed by atoms with E-state index in [-0.39, 0.29) is 57.4 Å². The molecule has 2 saturated heterocycles. The van der Waals surface area contributed by atoms with Crippen LogP contribution in [-0.2, 0) is 24.0 Å². The van der Waals surface area contributed by atoms with Crippen molar-refractivity contribution in [3.8, 4) is 11.5 Å². The van der Waals surface area contributed by atoms with Crippen molar-refractivity contribution < 1.29 is 53.7 Å². The maximum Gasteiger partial charge on any atom is 0.352 e. The van der Waals surface area contributed by atoms with E-state index in [4.69, 9.17) is 22.2 Å². The summed E-state index contributed by atoms with van der Waals surface area (Å²) in [5.74, 6) is -5.78. The standard InChI is InChI=1S/C36H39ClN8O11S2/c1-36(2,34(54)55)56-42-24(19-15-58-35(38)40-19)30(50)41-25-31(51)44-26(33(52)53)16(14-57-32(25)44)13-45(8-3-4-9-45)10-7-39-29(49)18-12-43(17-5-6-17)20-11-21(46)28(48)23(37)22(20)27(18)47/h11-12,15,17,25,32H,3-10,13-14H2,1-2H3,(H7-,38,39,40,41,42,46,47,48,49,50,52,53,54,55)/p+1/t25-,32-/m1/s1. The van der Waals surface area contributed by atoms with Crippen LogP contribution in [0.25, 0.3) is 10.9 Å². The molecular weight excluding hydrogens is 820 g/mol. The number of thioether (sulfide) groups is 1. The quantitative estimate of drug-likeness (QED) is 0.0401. The van der Waals surface area contributed by atoms with Crippen molar-refractivity contribution in [1.82, 2.24) is 25.1 Å². The number of aromatic hydroxyl groups is 2. The molecule has 0 radical (unpaired) electrons. The number of hydrogen-bond donors (Lipinski definition) is 7. The highest BCUT2D eigenvalue weighted by molar-refractivity contribution is 8.00. The minimum absolute atomic E-state index is 0.00469. The number of β-lactam (4-membered cyclic amide) rings is 1. The predicted molar refractivity (Wildman–Crippen MR) is 212 cm³/mol. The number of aliphatic carboxylic acids is 2. The highest BCUT2D eigenvalue weighted by Crippen LogP contribution is 2.43. The summed E-state index contributed by atoms with van der Waals surface area (Å²) in [5.41, 5.74) is 3.29. The summed E-state index contributed by atoms with van der Waals surface area (Å²) in [7, 11) is 0. The fourth-order valence-electron chi connectivity index (χ4n) is 7.44. The van der Waals surface area contributed by atoms with Crippen LogP contribution < -0.4 is 21.8 Å². The first-order chi connectivity index (χ1) is 27.4. The van der Waals surface area contributed by atoms with Gasteiger partial charge in [-0.15, -0.1) is 23.1 Å². The zero-order valence-electron chi connectivity index (χ0n) is 31.2. The van der Waals surface area contributed by atoms with Gasteiger partial charge in [0.05, 0.1) is 42.1 Å². The van der Waals surface area contributed by atoms with Crippen LogP contribution in [-0.4, -0.2) is 130 Å². The second-order valence-corrected chi connectivity index (χ2v) is 17.5. The first-order valence-corrected chi connectivity index (χ1v) is 20.6. The van der Waals surface area contributed by atoms with Gasteiger partial charge in [-0.3, -0.25) is 24.1 Å². The van der Waals surface area contributed by atoms with Gasteiger partial charge in [0, 0.05) is 47.9 Å². The molecule has 0 spiro atoms. The molecule has 5 heterocycles. The number of quaternary nitrogens is 1. The summed E-state index contributed by atoms with van der Waals surface area (Å²) < 4.78 is 2.14. The third kappa shape index (κ3) is 7.53. The Balaban J connectivity index is 1.06. The summed E-state index contributed by atoms with van der Waals surface area (Å²) in [6.07, 6.45) is 4.74. The van der Waals surface area contributed by atoms with Crippen LogP contribution >= 0.6 is 34.7 Å². The lowest BCUT2D eigenvalue weighted by molar-refractivity contribution is -0.911. The molecule has 0 unspecified atom stereocenters. The van der Waals surface area contributed by atoms with Crippen molar-refractivity contribution in [2.45, 2.75) is 62.6 Å². The maximum atomic E-state index is 13.6. The second kappa shape index (κ2) is 15.4. The average Bonchev–Trinajstić information content (AvgIpc) is 3.76. The smallest absolute Gasteiger partial charge is 0.352 e. The number of halogens is 1. The molecule has 22 heteroatoms. The number of likely N-dealkylation sites (tertiary alicyclic amines) is 1. The minimum Gasteiger partial charge on any atom is -0.504 e. The van der Waals surface area contributed by atoms with Crippen molar-refractivity contribution >= 4 is 86.1 Å². The number of phenols is 2. The van der Waals surface area contributed by atoms with Crippen LogP contribution in [0, 0.1) is 0 Å². The molecule has 1 saturated carbocycles. The molecule has 1 aliphatic carbocycles. The van der Waals surface area contributed by atoms with E-state index in [1.807, 2.05) is 0 Å². The number of nitrogen functional groups attached to an aromatic ring is 1. The third-order valence-electron chi connectivity index (χ3n) is 10.7. The third-order valence-corrected chi connectivity index (χ3v) is 13.1. The molecule has 2 aromatic heterocycles. The van der Waals surface area contributed by atoms with Gasteiger partial charge in [-0.25, -0.2) is 14.6 Å². The Morgan fingerprint density at radius 3 is 2.48 bits per heavy atom. The van der Waals surface area contributed by atoms with E-state index in [1.165, 1.54) is 43.3 Å². The number of nitrogens with zero attached hydrogens (tertiary/aromatic N) is 5. The Kier molecular flexibility index (Phi) is 10.8. The van der Waals surface area contributed by atoms with Crippen molar-refractivity contribution in [1.29, 1.82) is 0 Å². The van der Waals surface area contributed by atoms with E-state index in [1.54, 1.807) is 4.57 Å². The molecular formula is C36H40ClN8O11S2+. The first-order valence-electron chi connectivity index (χ1n) is 18.3. The average molecular weight is 860 g/mol. The van der Waals surface area contributed by atoms with Gasteiger partial charge in [0.25, 0.3) is 17.7 Å². The summed E-state index contributed by atoms with van der Waals surface area (Å²) in [6, 6.07) is 0.107. The number of carboxylic acids is 2. The van der Waals surface area contributed by atoms with E-state index in [9.17, 15) is 49.2 Å². The number of pyridine rings is 1. The number of carboxylic acid groups (broad SMARTS) is 2. The molecule has 4 aliphatic rings. The van der Waals surface area contributed by atoms with Crippen LogP contribution in [0.4, 0.5) is 5.13 Å². The normalized spacial score (nSPS) is 20.4. The highest BCUT2D eigenvalue weighted by atomic mass is 35.5. The van der Waals surface area contributed by atoms with Gasteiger partial charge in [-0.1, -0.05) is 16.8 Å². The molecule has 19 nitrogen and oxygen atoms in total. The Morgan fingerprint density at radius 2 is 1.86 bits per heavy atom. The fourth-order valence-corrected chi connectivity index (χ4v) is 9.60. The van der Waals surface area contributed by atoms with Gasteiger partial charge in [-0.05, 0) is 26.7 Å². The number of nitrogens with two attached hydrogens (primary N) is 1. The zero-order valence-corrected chi connectivity index (χ0v) is 33.6. The largest absolute Gasteiger partial charge is 0.504 e. The van der Waals surface area contributed by atoms with Crippen LogP contribution in [0.2, 0.25) is 5.02 Å². The van der Waals surface area contributed by atoms with Crippen molar-refractivity contribution in [3.05, 3.63) is 55.4 Å². The number of phenolic OH excluding ortho intramolecular Hbond substituents is 2. The topological polar surface area (TPSA) is 276 Å². The van der Waals surface area contributed by atoms with Gasteiger partial charge < -0.3 is 50.7 Å². The SMILES string of the molecule is CC(C)(O/N=C(\C(=O)N[C@@H]1C(=O)N2C(C(=O)O)=C(C[N+]3(CCNC(=O)c4cn(C5CC5)c5cc(O)c(O)c(Cl)c5c4=O)CCCC3)CS[C@H]12)c1csc(N)n1)C(=O)O. The van der Waals surface area contributed by atoms with E-state index >= 15 is 0 Å². The minimum atomic E-state index is -1.81. The number of nitrogens with one attached hydrogen (secondary N) is 2. The van der Waals surface area contributed by atoms with Gasteiger partial charge in [-0.2, -0.15) is 0 Å². The van der Waals surface area contributed by atoms with Crippen molar-refractivity contribution in [3.63, 3.8) is 0 Å². The number of fused-ring (bicyclic) bond motifs is 2. The Morgan fingerprint density at radius 1 is 1.16 bits per heavy atom. The van der Waals surface area contributed by atoms with Crippen LogP contribution in [0.3, 0.4) is 0 Å². The number of thiazole rings is 1. The first kappa shape index (κ1) is 40.8. The van der Waals surface area contributed by atoms with Gasteiger partial charge in [0.15, 0.2) is 22.3 Å². The zero-order chi connectivity index (χ0) is 41.8. The molecule has 2 atom stereocenters.